The third-order valence-electron chi connectivity index (χ3n) is 3.01. The Morgan fingerprint density at radius 2 is 1.75 bits per heavy atom. The Hall–Kier alpha value is -1.28. The van der Waals surface area contributed by atoms with Gasteiger partial charge in [0.15, 0.2) is 0 Å². The zero-order chi connectivity index (χ0) is 15.9. The van der Waals surface area contributed by atoms with E-state index >= 15 is 0 Å². The largest absolute Gasteiger partial charge is 0.480 e. The fourth-order valence-corrected chi connectivity index (χ4v) is 1.69. The number of carbonyl (C=O) groups excluding carboxylic acids is 2. The minimum Gasteiger partial charge on any atom is -0.480 e. The van der Waals surface area contributed by atoms with Crippen LogP contribution < -0.4 is 16.4 Å². The molecule has 0 spiro atoms. The van der Waals surface area contributed by atoms with E-state index in [-0.39, 0.29) is 11.7 Å². The zero-order valence-corrected chi connectivity index (χ0v) is 12.8. The summed E-state index contributed by atoms with van der Waals surface area (Å²) in [7, 11) is 0. The maximum Gasteiger partial charge on any atom is 0.326 e. The Balaban J connectivity index is 4.75. The summed E-state index contributed by atoms with van der Waals surface area (Å²) < 4.78 is 0. The van der Waals surface area contributed by atoms with Crippen LogP contribution in [0.2, 0.25) is 0 Å². The van der Waals surface area contributed by atoms with Gasteiger partial charge >= 0.3 is 5.97 Å². The molecule has 8 heteroatoms. The van der Waals surface area contributed by atoms with Gasteiger partial charge in [0.05, 0.1) is 6.04 Å². The molecule has 0 radical (unpaired) electrons. The van der Waals surface area contributed by atoms with E-state index in [1.165, 1.54) is 6.92 Å². The van der Waals surface area contributed by atoms with Crippen molar-refractivity contribution in [3.8, 4) is 0 Å². The predicted molar refractivity (Wildman–Crippen MR) is 78.5 cm³/mol. The summed E-state index contributed by atoms with van der Waals surface area (Å²) in [6, 6.07) is -2.67. The van der Waals surface area contributed by atoms with E-state index in [4.69, 9.17) is 10.8 Å². The van der Waals surface area contributed by atoms with Crippen LogP contribution in [0.4, 0.5) is 0 Å². The number of carbonyl (C=O) groups is 3. The first kappa shape index (κ1) is 18.7. The number of thiol groups is 1. The molecule has 0 heterocycles. The highest BCUT2D eigenvalue weighted by Gasteiger charge is 2.29. The molecule has 5 N–H and O–H groups in total. The Morgan fingerprint density at radius 1 is 1.20 bits per heavy atom. The summed E-state index contributed by atoms with van der Waals surface area (Å²) in [4.78, 5) is 34.6. The summed E-state index contributed by atoms with van der Waals surface area (Å²) >= 11 is 3.98. The van der Waals surface area contributed by atoms with E-state index in [1.807, 2.05) is 6.92 Å². The molecule has 7 nitrogen and oxygen atoms in total. The van der Waals surface area contributed by atoms with Crippen LogP contribution in [0.25, 0.3) is 0 Å². The molecular weight excluding hydrogens is 282 g/mol. The lowest BCUT2D eigenvalue weighted by atomic mass is 9.99. The average Bonchev–Trinajstić information content (AvgIpc) is 2.39. The zero-order valence-electron chi connectivity index (χ0n) is 11.9. The Bertz CT molecular complexity index is 363. The van der Waals surface area contributed by atoms with Crippen molar-refractivity contribution in [2.45, 2.75) is 45.3 Å². The Kier molecular flexibility index (Phi) is 8.24. The van der Waals surface area contributed by atoms with Gasteiger partial charge in [-0.3, -0.25) is 9.59 Å². The number of hydrogen-bond donors (Lipinski definition) is 5. The van der Waals surface area contributed by atoms with E-state index in [0.717, 1.165) is 0 Å². The van der Waals surface area contributed by atoms with Crippen LogP contribution in [-0.4, -0.2) is 46.8 Å². The lowest BCUT2D eigenvalue weighted by Gasteiger charge is -2.24. The van der Waals surface area contributed by atoms with Gasteiger partial charge in [0.2, 0.25) is 11.8 Å². The number of amides is 2. The third kappa shape index (κ3) is 5.79. The van der Waals surface area contributed by atoms with Crippen molar-refractivity contribution in [3.05, 3.63) is 0 Å². The van der Waals surface area contributed by atoms with Crippen LogP contribution in [0.3, 0.4) is 0 Å². The highest BCUT2D eigenvalue weighted by atomic mass is 32.1. The molecule has 0 aliphatic heterocycles. The normalized spacial score (nSPS) is 16.6. The second-order valence-corrected chi connectivity index (χ2v) is 5.11. The highest BCUT2D eigenvalue weighted by Crippen LogP contribution is 2.08. The summed E-state index contributed by atoms with van der Waals surface area (Å²) in [6.45, 7) is 5.05. The molecule has 0 aliphatic rings. The number of carboxylic acid groups (broad SMARTS) is 1. The number of aliphatic carboxylic acids is 1. The monoisotopic (exact) mass is 305 g/mol. The van der Waals surface area contributed by atoms with Gasteiger partial charge in [0.25, 0.3) is 0 Å². The number of hydrogen-bond acceptors (Lipinski definition) is 5. The van der Waals surface area contributed by atoms with E-state index < -0.39 is 35.9 Å². The van der Waals surface area contributed by atoms with Gasteiger partial charge in [-0.15, -0.1) is 0 Å². The first-order valence-corrected chi connectivity index (χ1v) is 7.07. The molecule has 2 amide bonds. The Morgan fingerprint density at radius 3 is 2.10 bits per heavy atom. The third-order valence-corrected chi connectivity index (χ3v) is 3.37. The smallest absolute Gasteiger partial charge is 0.326 e. The lowest BCUT2D eigenvalue weighted by Crippen LogP contribution is -2.56. The average molecular weight is 305 g/mol. The molecule has 4 atom stereocenters. The van der Waals surface area contributed by atoms with E-state index in [9.17, 15) is 14.4 Å². The van der Waals surface area contributed by atoms with Crippen LogP contribution in [-0.2, 0) is 14.4 Å². The van der Waals surface area contributed by atoms with Gasteiger partial charge in [-0.1, -0.05) is 20.3 Å². The number of rotatable bonds is 8. The first-order valence-electron chi connectivity index (χ1n) is 6.44. The number of nitrogens with two attached hydrogens (primary N) is 1. The molecule has 0 aromatic rings. The van der Waals surface area contributed by atoms with Gasteiger partial charge in [0.1, 0.15) is 12.1 Å². The van der Waals surface area contributed by atoms with Gasteiger partial charge in [-0.25, -0.2) is 4.79 Å². The number of nitrogens with one attached hydrogen (secondary N) is 2. The molecule has 0 fully saturated rings. The molecule has 0 aliphatic carbocycles. The SMILES string of the molecule is CCC(C)C(NC(=O)C(CS)NC(=O)C(C)N)C(=O)O. The molecule has 0 saturated heterocycles. The minimum absolute atomic E-state index is 0.0527. The van der Waals surface area contributed by atoms with Crippen molar-refractivity contribution in [2.24, 2.45) is 11.7 Å². The second kappa shape index (κ2) is 8.80. The molecule has 4 unspecified atom stereocenters. The van der Waals surface area contributed by atoms with Crippen molar-refractivity contribution in [1.29, 1.82) is 0 Å². The van der Waals surface area contributed by atoms with Crippen LogP contribution in [0.1, 0.15) is 27.2 Å². The van der Waals surface area contributed by atoms with Crippen molar-refractivity contribution in [3.63, 3.8) is 0 Å². The molecule has 20 heavy (non-hydrogen) atoms. The topological polar surface area (TPSA) is 122 Å². The maximum atomic E-state index is 12.0. The maximum absolute atomic E-state index is 12.0. The first-order chi connectivity index (χ1) is 9.24. The predicted octanol–water partition coefficient (Wildman–Crippen LogP) is -0.636. The van der Waals surface area contributed by atoms with Gasteiger partial charge < -0.3 is 21.5 Å². The highest BCUT2D eigenvalue weighted by molar-refractivity contribution is 7.80. The molecule has 0 aromatic carbocycles. The summed E-state index contributed by atoms with van der Waals surface area (Å²) in [5.74, 6) is -2.35. The summed E-state index contributed by atoms with van der Waals surface area (Å²) in [5, 5.41) is 13.9. The standard InChI is InChI=1S/C12H23N3O4S/c1-4-6(2)9(12(18)19)15-11(17)8(5-20)14-10(16)7(3)13/h6-9,20H,4-5,13H2,1-3H3,(H,14,16)(H,15,17)(H,18,19). The van der Waals surface area contributed by atoms with Crippen LogP contribution in [0.5, 0.6) is 0 Å². The second-order valence-electron chi connectivity index (χ2n) is 4.74. The van der Waals surface area contributed by atoms with E-state index in [2.05, 4.69) is 23.3 Å². The fourth-order valence-electron chi connectivity index (χ4n) is 1.43. The van der Waals surface area contributed by atoms with Gasteiger partial charge in [0, 0.05) is 5.75 Å². The Labute approximate surface area is 124 Å². The van der Waals surface area contributed by atoms with Gasteiger partial charge in [-0.05, 0) is 12.8 Å². The molecule has 0 rings (SSSR count). The van der Waals surface area contributed by atoms with Gasteiger partial charge in [-0.2, -0.15) is 12.6 Å². The summed E-state index contributed by atoms with van der Waals surface area (Å²) in [5.41, 5.74) is 5.40. The van der Waals surface area contributed by atoms with Crippen LogP contribution in [0, 0.1) is 5.92 Å². The van der Waals surface area contributed by atoms with E-state index in [1.54, 1.807) is 6.92 Å². The van der Waals surface area contributed by atoms with Crippen molar-refractivity contribution < 1.29 is 19.5 Å². The van der Waals surface area contributed by atoms with Crippen molar-refractivity contribution >= 4 is 30.4 Å². The van der Waals surface area contributed by atoms with Crippen LogP contribution >= 0.6 is 12.6 Å². The molecule has 0 bridgehead atoms. The lowest BCUT2D eigenvalue weighted by molar-refractivity contribution is -0.143. The summed E-state index contributed by atoms with van der Waals surface area (Å²) in [6.07, 6.45) is 0.606. The van der Waals surface area contributed by atoms with Crippen LogP contribution in [0.15, 0.2) is 0 Å². The van der Waals surface area contributed by atoms with Crippen molar-refractivity contribution in [1.82, 2.24) is 10.6 Å². The van der Waals surface area contributed by atoms with Crippen molar-refractivity contribution in [2.75, 3.05) is 5.75 Å². The molecule has 116 valence electrons. The minimum atomic E-state index is -1.11. The molecule has 0 saturated carbocycles. The molecular formula is C12H23N3O4S. The van der Waals surface area contributed by atoms with E-state index in [0.29, 0.717) is 6.42 Å². The number of carboxylic acids is 1. The fraction of sp³-hybridized carbons (Fsp3) is 0.750. The molecule has 0 aromatic heterocycles. The quantitative estimate of drug-likeness (QED) is 0.382.